The fraction of sp³-hybridized carbons (Fsp3) is 0.364. The molecular weight excluding hydrogens is 202 g/mol. The van der Waals surface area contributed by atoms with Gasteiger partial charge in [-0.3, -0.25) is 4.79 Å². The zero-order chi connectivity index (χ0) is 10.7. The Hall–Kier alpha value is -1.45. The van der Waals surface area contributed by atoms with Gasteiger partial charge in [-0.2, -0.15) is 0 Å². The number of aliphatic carboxylic acids is 1. The van der Waals surface area contributed by atoms with Crippen LogP contribution in [0.15, 0.2) is 12.1 Å². The summed E-state index contributed by atoms with van der Waals surface area (Å²) in [5.41, 5.74) is 0.676. The summed E-state index contributed by atoms with van der Waals surface area (Å²) in [6.07, 6.45) is 0.362. The van der Waals surface area contributed by atoms with E-state index in [0.717, 1.165) is 12.1 Å². The molecule has 3 rings (SSSR count). The van der Waals surface area contributed by atoms with Gasteiger partial charge in [0.05, 0.1) is 5.92 Å². The molecule has 2 aliphatic rings. The topological polar surface area (TPSA) is 37.3 Å². The van der Waals surface area contributed by atoms with Crippen LogP contribution in [0, 0.1) is 23.5 Å². The Balaban J connectivity index is 2.09. The third kappa shape index (κ3) is 0.991. The third-order valence-electron chi connectivity index (χ3n) is 3.47. The number of halogens is 2. The lowest BCUT2D eigenvalue weighted by Crippen LogP contribution is -2.07. The molecule has 0 radical (unpaired) electrons. The van der Waals surface area contributed by atoms with Crippen LogP contribution in [0.1, 0.15) is 17.0 Å². The molecule has 4 heteroatoms. The van der Waals surface area contributed by atoms with E-state index in [1.54, 1.807) is 0 Å². The fourth-order valence-corrected chi connectivity index (χ4v) is 2.77. The van der Waals surface area contributed by atoms with Crippen molar-refractivity contribution < 1.29 is 18.7 Å². The van der Waals surface area contributed by atoms with Crippen LogP contribution in [-0.4, -0.2) is 11.1 Å². The summed E-state index contributed by atoms with van der Waals surface area (Å²) in [6.45, 7) is 0. The molecule has 1 aromatic carbocycles. The minimum atomic E-state index is -0.903. The molecule has 1 fully saturated rings. The highest BCUT2D eigenvalue weighted by atomic mass is 19.1. The molecule has 1 unspecified atom stereocenters. The second kappa shape index (κ2) is 2.56. The first-order valence-electron chi connectivity index (χ1n) is 4.81. The normalized spacial score (nSPS) is 30.9. The molecule has 1 aromatic rings. The van der Waals surface area contributed by atoms with Crippen LogP contribution < -0.4 is 0 Å². The number of carboxylic acid groups (broad SMARTS) is 1. The molecule has 0 bridgehead atoms. The van der Waals surface area contributed by atoms with Crippen molar-refractivity contribution in [1.82, 2.24) is 0 Å². The summed E-state index contributed by atoms with van der Waals surface area (Å²) < 4.78 is 26.7. The van der Waals surface area contributed by atoms with E-state index in [9.17, 15) is 13.6 Å². The molecule has 0 saturated heterocycles. The molecule has 0 heterocycles. The van der Waals surface area contributed by atoms with Crippen molar-refractivity contribution in [3.05, 3.63) is 34.9 Å². The molecule has 3 atom stereocenters. The van der Waals surface area contributed by atoms with E-state index in [4.69, 9.17) is 5.11 Å². The summed E-state index contributed by atoms with van der Waals surface area (Å²) in [7, 11) is 0. The number of hydrogen-bond donors (Lipinski definition) is 1. The lowest BCUT2D eigenvalue weighted by molar-refractivity contribution is -0.139. The first-order chi connectivity index (χ1) is 7.11. The van der Waals surface area contributed by atoms with Gasteiger partial charge in [0, 0.05) is 5.92 Å². The minimum absolute atomic E-state index is 0.0936. The second-order valence-electron chi connectivity index (χ2n) is 4.18. The molecule has 0 aromatic heterocycles. The zero-order valence-corrected chi connectivity index (χ0v) is 7.71. The Bertz CT molecular complexity index is 470. The number of carbonyl (C=O) groups is 1. The SMILES string of the molecule is O=C(O)C1[C@H]2c3c(F)ccc(F)c3C[C@@H]12. The fourth-order valence-electron chi connectivity index (χ4n) is 2.77. The first-order valence-corrected chi connectivity index (χ1v) is 4.81. The van der Waals surface area contributed by atoms with Crippen molar-refractivity contribution in [3.63, 3.8) is 0 Å². The number of carboxylic acids is 1. The maximum absolute atomic E-state index is 13.4. The van der Waals surface area contributed by atoms with Crippen LogP contribution >= 0.6 is 0 Å². The Morgan fingerprint density at radius 3 is 2.67 bits per heavy atom. The molecule has 1 saturated carbocycles. The molecule has 0 aliphatic heterocycles. The lowest BCUT2D eigenvalue weighted by Gasteiger charge is -2.07. The summed E-state index contributed by atoms with van der Waals surface area (Å²) in [4.78, 5) is 10.8. The van der Waals surface area contributed by atoms with Crippen molar-refractivity contribution in [1.29, 1.82) is 0 Å². The van der Waals surface area contributed by atoms with E-state index in [2.05, 4.69) is 0 Å². The molecular formula is C11H8F2O2. The summed E-state index contributed by atoms with van der Waals surface area (Å²) >= 11 is 0. The van der Waals surface area contributed by atoms with E-state index >= 15 is 0 Å². The minimum Gasteiger partial charge on any atom is -0.481 e. The summed E-state index contributed by atoms with van der Waals surface area (Å²) in [5.74, 6) is -2.68. The van der Waals surface area contributed by atoms with Crippen LogP contribution in [0.5, 0.6) is 0 Å². The van der Waals surface area contributed by atoms with Crippen LogP contribution in [0.2, 0.25) is 0 Å². The van der Waals surface area contributed by atoms with Gasteiger partial charge in [0.15, 0.2) is 0 Å². The van der Waals surface area contributed by atoms with Gasteiger partial charge in [-0.25, -0.2) is 8.78 Å². The Morgan fingerprint density at radius 1 is 1.33 bits per heavy atom. The lowest BCUT2D eigenvalue weighted by atomic mass is 10.0. The van der Waals surface area contributed by atoms with Gasteiger partial charge in [-0.05, 0) is 35.6 Å². The smallest absolute Gasteiger partial charge is 0.307 e. The largest absolute Gasteiger partial charge is 0.481 e. The Kier molecular flexibility index (Phi) is 1.51. The number of benzene rings is 1. The van der Waals surface area contributed by atoms with Gasteiger partial charge in [0.1, 0.15) is 11.6 Å². The maximum atomic E-state index is 13.4. The molecule has 15 heavy (non-hydrogen) atoms. The van der Waals surface area contributed by atoms with Crippen molar-refractivity contribution >= 4 is 5.97 Å². The molecule has 2 aliphatic carbocycles. The number of fused-ring (bicyclic) bond motifs is 3. The van der Waals surface area contributed by atoms with E-state index in [1.807, 2.05) is 0 Å². The Morgan fingerprint density at radius 2 is 2.00 bits per heavy atom. The van der Waals surface area contributed by atoms with Crippen molar-refractivity contribution in [3.8, 4) is 0 Å². The number of hydrogen-bond acceptors (Lipinski definition) is 1. The molecule has 2 nitrogen and oxygen atoms in total. The van der Waals surface area contributed by atoms with E-state index in [0.29, 0.717) is 17.5 Å². The predicted molar refractivity (Wildman–Crippen MR) is 47.4 cm³/mol. The van der Waals surface area contributed by atoms with Crippen molar-refractivity contribution in [2.24, 2.45) is 11.8 Å². The highest BCUT2D eigenvalue weighted by Gasteiger charge is 2.61. The average Bonchev–Trinajstić information content (AvgIpc) is 2.75. The molecule has 0 amide bonds. The van der Waals surface area contributed by atoms with Gasteiger partial charge < -0.3 is 5.11 Å². The predicted octanol–water partition coefficient (Wildman–Crippen LogP) is 1.94. The third-order valence-corrected chi connectivity index (χ3v) is 3.47. The average molecular weight is 210 g/mol. The van der Waals surface area contributed by atoms with Gasteiger partial charge >= 0.3 is 5.97 Å². The Labute approximate surface area is 84.5 Å². The zero-order valence-electron chi connectivity index (χ0n) is 7.71. The van der Waals surface area contributed by atoms with E-state index in [-0.39, 0.29) is 11.8 Å². The number of rotatable bonds is 1. The quantitative estimate of drug-likeness (QED) is 0.769. The summed E-state index contributed by atoms with van der Waals surface area (Å²) in [6, 6.07) is 2.18. The summed E-state index contributed by atoms with van der Waals surface area (Å²) in [5, 5.41) is 8.83. The molecule has 1 N–H and O–H groups in total. The molecule has 78 valence electrons. The standard InChI is InChI=1S/C11H8F2O2/c12-6-1-2-7(13)8-4(6)3-5-9(8)10(5)11(14)15/h1-2,5,9-10H,3H2,(H,14,15)/t5-,9-,10?/m1/s1. The van der Waals surface area contributed by atoms with Crippen LogP contribution in [0.3, 0.4) is 0 Å². The highest BCUT2D eigenvalue weighted by molar-refractivity contribution is 5.77. The van der Waals surface area contributed by atoms with Crippen molar-refractivity contribution in [2.45, 2.75) is 12.3 Å². The van der Waals surface area contributed by atoms with Crippen molar-refractivity contribution in [2.75, 3.05) is 0 Å². The van der Waals surface area contributed by atoms with Crippen LogP contribution in [-0.2, 0) is 11.2 Å². The molecule has 0 spiro atoms. The van der Waals surface area contributed by atoms with Crippen LogP contribution in [0.4, 0.5) is 8.78 Å². The van der Waals surface area contributed by atoms with Gasteiger partial charge in [0.2, 0.25) is 0 Å². The monoisotopic (exact) mass is 210 g/mol. The van der Waals surface area contributed by atoms with Gasteiger partial charge in [0.25, 0.3) is 0 Å². The van der Waals surface area contributed by atoms with E-state index in [1.165, 1.54) is 0 Å². The second-order valence-corrected chi connectivity index (χ2v) is 4.18. The highest BCUT2D eigenvalue weighted by Crippen LogP contribution is 2.62. The van der Waals surface area contributed by atoms with Crippen LogP contribution in [0.25, 0.3) is 0 Å². The van der Waals surface area contributed by atoms with E-state index < -0.39 is 23.5 Å². The van der Waals surface area contributed by atoms with Gasteiger partial charge in [-0.15, -0.1) is 0 Å². The first kappa shape index (κ1) is 8.83. The van der Waals surface area contributed by atoms with Gasteiger partial charge in [-0.1, -0.05) is 0 Å². The maximum Gasteiger partial charge on any atom is 0.307 e.